The van der Waals surface area contributed by atoms with Gasteiger partial charge in [0, 0.05) is 12.2 Å². The van der Waals surface area contributed by atoms with Crippen LogP contribution in [0.5, 0.6) is 0 Å². The van der Waals surface area contributed by atoms with Crippen LogP contribution in [0.4, 0.5) is 0 Å². The highest BCUT2D eigenvalue weighted by molar-refractivity contribution is 6.31. The van der Waals surface area contributed by atoms with Gasteiger partial charge in [-0.15, -0.1) is 0 Å². The first kappa shape index (κ1) is 14.9. The first-order valence-corrected chi connectivity index (χ1v) is 7.31. The molecule has 1 atom stereocenters. The Morgan fingerprint density at radius 3 is 2.80 bits per heavy atom. The van der Waals surface area contributed by atoms with Crippen molar-refractivity contribution in [2.75, 3.05) is 0 Å². The molecule has 2 rings (SSSR count). The summed E-state index contributed by atoms with van der Waals surface area (Å²) in [4.78, 5) is 23.4. The van der Waals surface area contributed by atoms with Gasteiger partial charge in [-0.1, -0.05) is 31.4 Å². The molecule has 0 aliphatic heterocycles. The summed E-state index contributed by atoms with van der Waals surface area (Å²) in [6.45, 7) is 1.98. The van der Waals surface area contributed by atoms with Crippen LogP contribution < -0.4 is 5.32 Å². The molecule has 0 aromatic carbocycles. The summed E-state index contributed by atoms with van der Waals surface area (Å²) in [5.41, 5.74) is 0.445. The van der Waals surface area contributed by atoms with Crippen molar-refractivity contribution in [1.82, 2.24) is 9.88 Å². The van der Waals surface area contributed by atoms with Gasteiger partial charge < -0.3 is 15.0 Å². The second-order valence-electron chi connectivity index (χ2n) is 5.19. The lowest BCUT2D eigenvalue weighted by Gasteiger charge is -2.15. The lowest BCUT2D eigenvalue weighted by Crippen LogP contribution is -2.41. The summed E-state index contributed by atoms with van der Waals surface area (Å²) in [7, 11) is 0. The highest BCUT2D eigenvalue weighted by Gasteiger charge is 2.29. The van der Waals surface area contributed by atoms with Crippen LogP contribution in [-0.2, 0) is 4.79 Å². The zero-order valence-corrected chi connectivity index (χ0v) is 12.2. The third-order valence-electron chi connectivity index (χ3n) is 3.44. The number of halogens is 1. The molecular formula is C14H19ClN2O3. The predicted molar refractivity (Wildman–Crippen MR) is 76.1 cm³/mol. The molecule has 6 heteroatoms. The summed E-state index contributed by atoms with van der Waals surface area (Å²) in [5, 5.41) is 12.2. The number of nitrogens with zero attached hydrogens (tertiary/aromatic N) is 1. The molecule has 0 bridgehead atoms. The average molecular weight is 299 g/mol. The number of carbonyl (C=O) groups is 2. The molecule has 5 nitrogen and oxygen atoms in total. The average Bonchev–Trinajstić information content (AvgIpc) is 3.16. The third-order valence-corrected chi connectivity index (χ3v) is 3.64. The van der Waals surface area contributed by atoms with Gasteiger partial charge in [-0.05, 0) is 25.3 Å². The van der Waals surface area contributed by atoms with Gasteiger partial charge in [-0.2, -0.15) is 0 Å². The van der Waals surface area contributed by atoms with Crippen molar-refractivity contribution in [2.24, 2.45) is 0 Å². The summed E-state index contributed by atoms with van der Waals surface area (Å²) >= 11 is 5.95. The summed E-state index contributed by atoms with van der Waals surface area (Å²) in [6, 6.07) is 1.07. The molecule has 1 unspecified atom stereocenters. The monoisotopic (exact) mass is 298 g/mol. The van der Waals surface area contributed by atoms with E-state index >= 15 is 0 Å². The molecule has 1 aromatic rings. The van der Waals surface area contributed by atoms with Crippen LogP contribution in [0.2, 0.25) is 5.02 Å². The second kappa shape index (κ2) is 6.31. The molecule has 1 aromatic heterocycles. The Labute approximate surface area is 122 Å². The topological polar surface area (TPSA) is 71.3 Å². The van der Waals surface area contributed by atoms with Gasteiger partial charge in [-0.25, -0.2) is 4.79 Å². The Kier molecular flexibility index (Phi) is 4.70. The van der Waals surface area contributed by atoms with Gasteiger partial charge in [0.25, 0.3) is 5.91 Å². The minimum atomic E-state index is -0.998. The number of carboxylic acid groups (broad SMARTS) is 1. The van der Waals surface area contributed by atoms with Crippen molar-refractivity contribution in [3.05, 3.63) is 23.0 Å². The van der Waals surface area contributed by atoms with Crippen LogP contribution >= 0.6 is 11.6 Å². The van der Waals surface area contributed by atoms with Crippen molar-refractivity contribution in [1.29, 1.82) is 0 Å². The summed E-state index contributed by atoms with van der Waals surface area (Å²) < 4.78 is 1.84. The zero-order chi connectivity index (χ0) is 14.7. The Morgan fingerprint density at radius 1 is 1.55 bits per heavy atom. The minimum absolute atomic E-state index is 0.321. The van der Waals surface area contributed by atoms with Gasteiger partial charge in [0.05, 0.1) is 5.02 Å². The van der Waals surface area contributed by atoms with E-state index in [0.717, 1.165) is 25.7 Å². The zero-order valence-electron chi connectivity index (χ0n) is 11.4. The van der Waals surface area contributed by atoms with Crippen molar-refractivity contribution < 1.29 is 14.7 Å². The number of carboxylic acids is 1. The van der Waals surface area contributed by atoms with Crippen LogP contribution in [0.1, 0.15) is 55.6 Å². The first-order valence-electron chi connectivity index (χ1n) is 6.94. The molecule has 110 valence electrons. The maximum absolute atomic E-state index is 12.2. The number of carbonyl (C=O) groups excluding carboxylic acids is 1. The fourth-order valence-electron chi connectivity index (χ4n) is 2.18. The Morgan fingerprint density at radius 2 is 2.25 bits per heavy atom. The van der Waals surface area contributed by atoms with Crippen molar-refractivity contribution in [3.8, 4) is 0 Å². The molecule has 0 saturated heterocycles. The molecule has 1 saturated carbocycles. The smallest absolute Gasteiger partial charge is 0.326 e. The Balaban J connectivity index is 2.08. The van der Waals surface area contributed by atoms with E-state index in [4.69, 9.17) is 16.7 Å². The maximum Gasteiger partial charge on any atom is 0.326 e. The lowest BCUT2D eigenvalue weighted by atomic mass is 10.1. The Bertz CT molecular complexity index is 509. The van der Waals surface area contributed by atoms with E-state index in [0.29, 0.717) is 23.2 Å². The number of rotatable bonds is 7. The van der Waals surface area contributed by atoms with Gasteiger partial charge in [0.15, 0.2) is 0 Å². The highest BCUT2D eigenvalue weighted by atomic mass is 35.5. The van der Waals surface area contributed by atoms with Gasteiger partial charge in [0.2, 0.25) is 0 Å². The second-order valence-corrected chi connectivity index (χ2v) is 5.62. The van der Waals surface area contributed by atoms with Crippen molar-refractivity contribution in [2.45, 2.75) is 51.1 Å². The molecule has 1 aliphatic carbocycles. The standard InChI is InChI=1S/C14H19ClN2O3/c1-2-3-4-11(14(19)20)16-13(18)12-7-9(15)8-17(12)10-5-6-10/h7-8,10-11H,2-6H2,1H3,(H,16,18)(H,19,20). The fourth-order valence-corrected chi connectivity index (χ4v) is 2.39. The number of unbranched alkanes of at least 4 members (excludes halogenated alkanes) is 1. The molecule has 2 N–H and O–H groups in total. The molecule has 1 amide bonds. The van der Waals surface area contributed by atoms with Crippen LogP contribution in [0.3, 0.4) is 0 Å². The number of hydrogen-bond acceptors (Lipinski definition) is 2. The highest BCUT2D eigenvalue weighted by Crippen LogP contribution is 2.37. The normalized spacial score (nSPS) is 15.9. The molecule has 0 radical (unpaired) electrons. The van der Waals surface area contributed by atoms with Gasteiger partial charge in [-0.3, -0.25) is 4.79 Å². The predicted octanol–water partition coefficient (Wildman–Crippen LogP) is 2.85. The SMILES string of the molecule is CCCCC(NC(=O)c1cc(Cl)cn1C1CC1)C(=O)O. The van der Waals surface area contributed by atoms with Crippen molar-refractivity contribution >= 4 is 23.5 Å². The molecule has 0 spiro atoms. The number of amides is 1. The van der Waals surface area contributed by atoms with E-state index < -0.39 is 12.0 Å². The van der Waals surface area contributed by atoms with E-state index in [1.807, 2.05) is 11.5 Å². The number of hydrogen-bond donors (Lipinski definition) is 2. The minimum Gasteiger partial charge on any atom is -0.480 e. The Hall–Kier alpha value is -1.49. The number of nitrogens with one attached hydrogen (secondary N) is 1. The van der Waals surface area contributed by atoms with Gasteiger partial charge >= 0.3 is 5.97 Å². The van der Waals surface area contributed by atoms with Crippen molar-refractivity contribution in [3.63, 3.8) is 0 Å². The third kappa shape index (κ3) is 3.54. The molecule has 1 heterocycles. The summed E-state index contributed by atoms with van der Waals surface area (Å²) in [6.07, 6.45) is 5.89. The quantitative estimate of drug-likeness (QED) is 0.813. The van der Waals surface area contributed by atoms with E-state index in [-0.39, 0.29) is 5.91 Å². The molecule has 1 fully saturated rings. The van der Waals surface area contributed by atoms with Crippen LogP contribution in [0, 0.1) is 0 Å². The van der Waals surface area contributed by atoms with E-state index in [1.54, 1.807) is 12.3 Å². The first-order chi connectivity index (χ1) is 9.52. The number of aromatic nitrogens is 1. The fraction of sp³-hybridized carbons (Fsp3) is 0.571. The number of aliphatic carboxylic acids is 1. The molecule has 20 heavy (non-hydrogen) atoms. The van der Waals surface area contributed by atoms with Gasteiger partial charge in [0.1, 0.15) is 11.7 Å². The molecular weight excluding hydrogens is 280 g/mol. The van der Waals surface area contributed by atoms with E-state index in [2.05, 4.69) is 5.32 Å². The largest absolute Gasteiger partial charge is 0.480 e. The van der Waals surface area contributed by atoms with E-state index in [1.165, 1.54) is 0 Å². The van der Waals surface area contributed by atoms with Crippen LogP contribution in [-0.4, -0.2) is 27.6 Å². The lowest BCUT2D eigenvalue weighted by molar-refractivity contribution is -0.139. The van der Waals surface area contributed by atoms with Crippen LogP contribution in [0.15, 0.2) is 12.3 Å². The van der Waals surface area contributed by atoms with E-state index in [9.17, 15) is 9.59 Å². The molecule has 1 aliphatic rings. The van der Waals surface area contributed by atoms with Crippen LogP contribution in [0.25, 0.3) is 0 Å². The summed E-state index contributed by atoms with van der Waals surface area (Å²) in [5.74, 6) is -1.37. The maximum atomic E-state index is 12.2.